The number of hydrogen-bond donors (Lipinski definition) is 2. The fourth-order valence-electron chi connectivity index (χ4n) is 1.44. The SMILES string of the molecule is O=C(NCC(O)C(F)F)C1CCS(=O)(=O)C1. The minimum atomic E-state index is -3.17. The van der Waals surface area contributed by atoms with E-state index in [-0.39, 0.29) is 17.9 Å². The third-order valence-electron chi connectivity index (χ3n) is 2.38. The quantitative estimate of drug-likeness (QED) is 0.688. The van der Waals surface area contributed by atoms with Crippen molar-refractivity contribution in [2.45, 2.75) is 19.0 Å². The van der Waals surface area contributed by atoms with E-state index in [1.807, 2.05) is 0 Å². The summed E-state index contributed by atoms with van der Waals surface area (Å²) in [5.41, 5.74) is 0. The monoisotopic (exact) mass is 257 g/mol. The van der Waals surface area contributed by atoms with E-state index in [1.165, 1.54) is 0 Å². The van der Waals surface area contributed by atoms with Crippen LogP contribution in [0.3, 0.4) is 0 Å². The van der Waals surface area contributed by atoms with Gasteiger partial charge >= 0.3 is 0 Å². The summed E-state index contributed by atoms with van der Waals surface area (Å²) in [5, 5.41) is 10.8. The van der Waals surface area contributed by atoms with Gasteiger partial charge in [0.15, 0.2) is 9.84 Å². The molecule has 94 valence electrons. The topological polar surface area (TPSA) is 83.5 Å². The number of alkyl halides is 2. The summed E-state index contributed by atoms with van der Waals surface area (Å²) in [4.78, 5) is 11.3. The molecule has 1 fully saturated rings. The largest absolute Gasteiger partial charge is 0.385 e. The summed E-state index contributed by atoms with van der Waals surface area (Å²) in [5.74, 6) is -1.58. The highest BCUT2D eigenvalue weighted by Crippen LogP contribution is 2.18. The zero-order chi connectivity index (χ0) is 12.3. The van der Waals surface area contributed by atoms with Crippen LogP contribution in [0, 0.1) is 5.92 Å². The van der Waals surface area contributed by atoms with Crippen LogP contribution in [0.15, 0.2) is 0 Å². The maximum Gasteiger partial charge on any atom is 0.265 e. The fraction of sp³-hybridized carbons (Fsp3) is 0.875. The molecule has 1 saturated heterocycles. The van der Waals surface area contributed by atoms with Crippen LogP contribution in [0.25, 0.3) is 0 Å². The summed E-state index contributed by atoms with van der Waals surface area (Å²) >= 11 is 0. The lowest BCUT2D eigenvalue weighted by atomic mass is 10.1. The van der Waals surface area contributed by atoms with Gasteiger partial charge in [-0.15, -0.1) is 0 Å². The predicted molar refractivity (Wildman–Crippen MR) is 51.8 cm³/mol. The zero-order valence-electron chi connectivity index (χ0n) is 8.40. The highest BCUT2D eigenvalue weighted by Gasteiger charge is 2.33. The molecule has 0 aromatic rings. The molecule has 0 aliphatic carbocycles. The van der Waals surface area contributed by atoms with Gasteiger partial charge in [0.2, 0.25) is 5.91 Å². The molecule has 1 amide bonds. The van der Waals surface area contributed by atoms with E-state index in [0.29, 0.717) is 0 Å². The molecule has 0 bridgehead atoms. The number of sulfone groups is 1. The molecule has 2 atom stereocenters. The Morgan fingerprint density at radius 3 is 2.56 bits per heavy atom. The van der Waals surface area contributed by atoms with Crippen LogP contribution in [0.5, 0.6) is 0 Å². The number of halogens is 2. The molecule has 5 nitrogen and oxygen atoms in total. The van der Waals surface area contributed by atoms with Gasteiger partial charge in [-0.1, -0.05) is 0 Å². The molecular formula is C8H13F2NO4S. The molecule has 1 rings (SSSR count). The number of aliphatic hydroxyl groups is 1. The fourth-order valence-corrected chi connectivity index (χ4v) is 3.18. The highest BCUT2D eigenvalue weighted by atomic mass is 32.2. The first-order chi connectivity index (χ1) is 7.32. The van der Waals surface area contributed by atoms with E-state index < -0.39 is 40.7 Å². The smallest absolute Gasteiger partial charge is 0.265 e. The molecule has 1 aliphatic rings. The molecule has 16 heavy (non-hydrogen) atoms. The lowest BCUT2D eigenvalue weighted by Crippen LogP contribution is -2.39. The van der Waals surface area contributed by atoms with Crippen molar-refractivity contribution in [1.29, 1.82) is 0 Å². The first-order valence-corrected chi connectivity index (χ1v) is 6.58. The average Bonchev–Trinajstić information content (AvgIpc) is 2.54. The molecule has 0 radical (unpaired) electrons. The first-order valence-electron chi connectivity index (χ1n) is 4.76. The van der Waals surface area contributed by atoms with Gasteiger partial charge in [-0.25, -0.2) is 17.2 Å². The maximum absolute atomic E-state index is 11.9. The number of aliphatic hydroxyl groups excluding tert-OH is 1. The summed E-state index contributed by atoms with van der Waals surface area (Å²) < 4.78 is 45.8. The molecule has 1 aliphatic heterocycles. The molecule has 2 N–H and O–H groups in total. The number of carbonyl (C=O) groups excluding carboxylic acids is 1. The van der Waals surface area contributed by atoms with Crippen LogP contribution in [0.2, 0.25) is 0 Å². The lowest BCUT2D eigenvalue weighted by Gasteiger charge is -2.12. The Hall–Kier alpha value is -0.760. The van der Waals surface area contributed by atoms with Gasteiger partial charge in [-0.2, -0.15) is 0 Å². The van der Waals surface area contributed by atoms with Crippen LogP contribution < -0.4 is 5.32 Å². The van der Waals surface area contributed by atoms with Gasteiger partial charge in [0.25, 0.3) is 6.43 Å². The van der Waals surface area contributed by atoms with Crippen LogP contribution in [0.1, 0.15) is 6.42 Å². The van der Waals surface area contributed by atoms with Crippen molar-refractivity contribution < 1.29 is 27.1 Å². The third-order valence-corrected chi connectivity index (χ3v) is 4.15. The molecule has 1 heterocycles. The molecule has 2 unspecified atom stereocenters. The van der Waals surface area contributed by atoms with Crippen LogP contribution in [-0.2, 0) is 14.6 Å². The molecular weight excluding hydrogens is 244 g/mol. The first kappa shape index (κ1) is 13.3. The highest BCUT2D eigenvalue weighted by molar-refractivity contribution is 7.91. The van der Waals surface area contributed by atoms with Crippen molar-refractivity contribution in [3.05, 3.63) is 0 Å². The molecule has 0 saturated carbocycles. The van der Waals surface area contributed by atoms with E-state index in [2.05, 4.69) is 5.32 Å². The van der Waals surface area contributed by atoms with Gasteiger partial charge in [0.1, 0.15) is 6.10 Å². The van der Waals surface area contributed by atoms with Crippen molar-refractivity contribution in [3.8, 4) is 0 Å². The van der Waals surface area contributed by atoms with Gasteiger partial charge in [-0.3, -0.25) is 4.79 Å². The maximum atomic E-state index is 11.9. The number of amides is 1. The normalized spacial score (nSPS) is 25.6. The van der Waals surface area contributed by atoms with Gasteiger partial charge < -0.3 is 10.4 Å². The Kier molecular flexibility index (Phi) is 4.20. The Bertz CT molecular complexity index is 357. The Morgan fingerprint density at radius 2 is 2.12 bits per heavy atom. The number of rotatable bonds is 4. The van der Waals surface area contributed by atoms with Crippen LogP contribution in [-0.4, -0.2) is 50.0 Å². The van der Waals surface area contributed by atoms with E-state index >= 15 is 0 Å². The second-order valence-corrected chi connectivity index (χ2v) is 5.98. The van der Waals surface area contributed by atoms with Gasteiger partial charge in [0, 0.05) is 6.54 Å². The number of hydrogen-bond acceptors (Lipinski definition) is 4. The molecule has 0 aromatic heterocycles. The van der Waals surface area contributed by atoms with Crippen molar-refractivity contribution in [3.63, 3.8) is 0 Å². The minimum absolute atomic E-state index is 0.0531. The van der Waals surface area contributed by atoms with E-state index in [0.717, 1.165) is 0 Å². The number of nitrogens with one attached hydrogen (secondary N) is 1. The van der Waals surface area contributed by atoms with Crippen molar-refractivity contribution >= 4 is 15.7 Å². The van der Waals surface area contributed by atoms with E-state index in [9.17, 15) is 22.0 Å². The molecule has 0 aromatic carbocycles. The van der Waals surface area contributed by atoms with E-state index in [4.69, 9.17) is 5.11 Å². The van der Waals surface area contributed by atoms with Gasteiger partial charge in [-0.05, 0) is 6.42 Å². The average molecular weight is 257 g/mol. The third kappa shape index (κ3) is 3.67. The summed E-state index contributed by atoms with van der Waals surface area (Å²) in [7, 11) is -3.17. The van der Waals surface area contributed by atoms with Gasteiger partial charge in [0.05, 0.1) is 17.4 Å². The lowest BCUT2D eigenvalue weighted by molar-refractivity contribution is -0.125. The summed E-state index contributed by atoms with van der Waals surface area (Å²) in [6.45, 7) is -0.562. The molecule has 8 heteroatoms. The van der Waals surface area contributed by atoms with E-state index in [1.54, 1.807) is 0 Å². The second-order valence-electron chi connectivity index (χ2n) is 3.75. The van der Waals surface area contributed by atoms with Crippen molar-refractivity contribution in [2.75, 3.05) is 18.1 Å². The zero-order valence-corrected chi connectivity index (χ0v) is 9.21. The Morgan fingerprint density at radius 1 is 1.50 bits per heavy atom. The Labute approximate surface area is 91.8 Å². The number of carbonyl (C=O) groups is 1. The molecule has 0 spiro atoms. The van der Waals surface area contributed by atoms with Crippen molar-refractivity contribution in [1.82, 2.24) is 5.32 Å². The standard InChI is InChI=1S/C8H13F2NO4S/c9-7(10)6(12)3-11-8(13)5-1-2-16(14,15)4-5/h5-7,12H,1-4H2,(H,11,13). The predicted octanol–water partition coefficient (Wildman–Crippen LogP) is -0.837. The Balaban J connectivity index is 2.37. The minimum Gasteiger partial charge on any atom is -0.385 e. The van der Waals surface area contributed by atoms with Crippen molar-refractivity contribution in [2.24, 2.45) is 5.92 Å². The second kappa shape index (κ2) is 5.05. The summed E-state index contributed by atoms with van der Waals surface area (Å²) in [6, 6.07) is 0. The van der Waals surface area contributed by atoms with Crippen LogP contribution in [0.4, 0.5) is 8.78 Å². The van der Waals surface area contributed by atoms with Crippen LogP contribution >= 0.6 is 0 Å². The summed E-state index contributed by atoms with van der Waals surface area (Å²) in [6.07, 6.45) is -4.63.